The first kappa shape index (κ1) is 15.8. The SMILES string of the molecule is O=C(Nc1ccc(F)c(Br)c1)NC1CCC(C(=O)O)CC1. The molecule has 0 aliphatic heterocycles. The van der Waals surface area contributed by atoms with E-state index in [1.54, 1.807) is 0 Å². The van der Waals surface area contributed by atoms with Crippen molar-refractivity contribution >= 4 is 33.6 Å². The van der Waals surface area contributed by atoms with Crippen LogP contribution in [0.2, 0.25) is 0 Å². The van der Waals surface area contributed by atoms with Crippen LogP contribution >= 0.6 is 15.9 Å². The second kappa shape index (κ2) is 6.89. The Morgan fingerprint density at radius 2 is 1.90 bits per heavy atom. The van der Waals surface area contributed by atoms with Crippen LogP contribution in [0.25, 0.3) is 0 Å². The molecular formula is C14H16BrFN2O3. The van der Waals surface area contributed by atoms with Crippen LogP contribution in [0.3, 0.4) is 0 Å². The highest BCUT2D eigenvalue weighted by Gasteiger charge is 2.26. The van der Waals surface area contributed by atoms with Crippen LogP contribution in [-0.4, -0.2) is 23.1 Å². The summed E-state index contributed by atoms with van der Waals surface area (Å²) in [6.07, 6.45) is 2.44. The number of aliphatic carboxylic acids is 1. The van der Waals surface area contributed by atoms with Crippen molar-refractivity contribution in [2.75, 3.05) is 5.32 Å². The Morgan fingerprint density at radius 3 is 2.48 bits per heavy atom. The summed E-state index contributed by atoms with van der Waals surface area (Å²) in [5.41, 5.74) is 0.486. The van der Waals surface area contributed by atoms with Gasteiger partial charge in [0.15, 0.2) is 0 Å². The molecule has 0 atom stereocenters. The molecule has 0 spiro atoms. The smallest absolute Gasteiger partial charge is 0.319 e. The summed E-state index contributed by atoms with van der Waals surface area (Å²) in [5, 5.41) is 14.4. The van der Waals surface area contributed by atoms with Gasteiger partial charge in [0, 0.05) is 11.7 Å². The summed E-state index contributed by atoms with van der Waals surface area (Å²) < 4.78 is 13.4. The van der Waals surface area contributed by atoms with E-state index in [1.807, 2.05) is 0 Å². The third-order valence-electron chi connectivity index (χ3n) is 3.59. The van der Waals surface area contributed by atoms with E-state index in [0.717, 1.165) is 0 Å². The number of amides is 2. The fraction of sp³-hybridized carbons (Fsp3) is 0.429. The molecular weight excluding hydrogens is 343 g/mol. The van der Waals surface area contributed by atoms with Gasteiger partial charge in [-0.15, -0.1) is 0 Å². The van der Waals surface area contributed by atoms with Gasteiger partial charge in [-0.25, -0.2) is 9.18 Å². The van der Waals surface area contributed by atoms with Crippen LogP contribution < -0.4 is 10.6 Å². The lowest BCUT2D eigenvalue weighted by atomic mass is 9.86. The highest BCUT2D eigenvalue weighted by atomic mass is 79.9. The lowest BCUT2D eigenvalue weighted by Crippen LogP contribution is -2.40. The number of hydrogen-bond acceptors (Lipinski definition) is 2. The Labute approximate surface area is 130 Å². The fourth-order valence-corrected chi connectivity index (χ4v) is 2.79. The van der Waals surface area contributed by atoms with Gasteiger partial charge in [0.2, 0.25) is 0 Å². The van der Waals surface area contributed by atoms with Gasteiger partial charge >= 0.3 is 12.0 Å². The van der Waals surface area contributed by atoms with Crippen molar-refractivity contribution in [2.45, 2.75) is 31.7 Å². The first-order chi connectivity index (χ1) is 9.95. The van der Waals surface area contributed by atoms with Crippen molar-refractivity contribution in [1.82, 2.24) is 5.32 Å². The molecule has 0 heterocycles. The van der Waals surface area contributed by atoms with Crippen LogP contribution in [0, 0.1) is 11.7 Å². The average molecular weight is 359 g/mol. The number of halogens is 2. The number of benzene rings is 1. The Kier molecular flexibility index (Phi) is 5.17. The van der Waals surface area contributed by atoms with Gasteiger partial charge in [0.05, 0.1) is 10.4 Å². The maximum Gasteiger partial charge on any atom is 0.319 e. The molecule has 1 aliphatic rings. The first-order valence-electron chi connectivity index (χ1n) is 6.71. The fourth-order valence-electron chi connectivity index (χ4n) is 2.41. The summed E-state index contributed by atoms with van der Waals surface area (Å²) >= 11 is 3.05. The molecule has 0 aromatic heterocycles. The van der Waals surface area contributed by atoms with E-state index in [2.05, 4.69) is 26.6 Å². The van der Waals surface area contributed by atoms with Crippen LogP contribution in [0.15, 0.2) is 22.7 Å². The normalized spacial score (nSPS) is 21.6. The molecule has 1 aromatic carbocycles. The Hall–Kier alpha value is -1.63. The van der Waals surface area contributed by atoms with Crippen molar-refractivity contribution < 1.29 is 19.1 Å². The zero-order valence-electron chi connectivity index (χ0n) is 11.2. The highest BCUT2D eigenvalue weighted by molar-refractivity contribution is 9.10. The number of urea groups is 1. The molecule has 1 fully saturated rings. The number of rotatable bonds is 3. The van der Waals surface area contributed by atoms with Crippen LogP contribution in [0.1, 0.15) is 25.7 Å². The average Bonchev–Trinajstić information content (AvgIpc) is 2.43. The van der Waals surface area contributed by atoms with Crippen LogP contribution in [0.5, 0.6) is 0 Å². The summed E-state index contributed by atoms with van der Waals surface area (Å²) in [6, 6.07) is 3.83. The second-order valence-electron chi connectivity index (χ2n) is 5.11. The predicted octanol–water partition coefficient (Wildman–Crippen LogP) is 3.35. The molecule has 114 valence electrons. The summed E-state index contributed by atoms with van der Waals surface area (Å²) in [5.74, 6) is -1.47. The molecule has 0 radical (unpaired) electrons. The van der Waals surface area contributed by atoms with E-state index in [-0.39, 0.29) is 22.5 Å². The van der Waals surface area contributed by atoms with Gasteiger partial charge in [-0.2, -0.15) is 0 Å². The minimum absolute atomic E-state index is 0.0236. The monoisotopic (exact) mass is 358 g/mol. The molecule has 0 bridgehead atoms. The first-order valence-corrected chi connectivity index (χ1v) is 7.50. The largest absolute Gasteiger partial charge is 0.481 e. The maximum atomic E-state index is 13.1. The van der Waals surface area contributed by atoms with Crippen LogP contribution in [-0.2, 0) is 4.79 Å². The van der Waals surface area contributed by atoms with Gasteiger partial charge in [-0.3, -0.25) is 4.79 Å². The zero-order chi connectivity index (χ0) is 15.4. The molecule has 3 N–H and O–H groups in total. The second-order valence-corrected chi connectivity index (χ2v) is 5.97. The lowest BCUT2D eigenvalue weighted by Gasteiger charge is -2.26. The van der Waals surface area contributed by atoms with Gasteiger partial charge in [-0.1, -0.05) is 0 Å². The molecule has 21 heavy (non-hydrogen) atoms. The summed E-state index contributed by atoms with van der Waals surface area (Å²) in [4.78, 5) is 22.7. The molecule has 5 nitrogen and oxygen atoms in total. The number of carboxylic acids is 1. The number of carboxylic acid groups (broad SMARTS) is 1. The third-order valence-corrected chi connectivity index (χ3v) is 4.20. The molecule has 2 rings (SSSR count). The number of carbonyl (C=O) groups is 2. The molecule has 1 saturated carbocycles. The van der Waals surface area contributed by atoms with Crippen molar-refractivity contribution in [3.8, 4) is 0 Å². The lowest BCUT2D eigenvalue weighted by molar-refractivity contribution is -0.142. The molecule has 1 aliphatic carbocycles. The molecule has 7 heteroatoms. The van der Waals surface area contributed by atoms with Crippen molar-refractivity contribution in [3.05, 3.63) is 28.5 Å². The Balaban J connectivity index is 1.82. The topological polar surface area (TPSA) is 78.4 Å². The predicted molar refractivity (Wildman–Crippen MR) is 79.6 cm³/mol. The standard InChI is InChI=1S/C14H16BrFN2O3/c15-11-7-10(5-6-12(11)16)18-14(21)17-9-3-1-8(2-4-9)13(19)20/h5-9H,1-4H2,(H,19,20)(H2,17,18,21). The Morgan fingerprint density at radius 1 is 1.24 bits per heavy atom. The van der Waals surface area contributed by atoms with Gasteiger partial charge < -0.3 is 15.7 Å². The highest BCUT2D eigenvalue weighted by Crippen LogP contribution is 2.24. The summed E-state index contributed by atoms with van der Waals surface area (Å²) in [6.45, 7) is 0. The summed E-state index contributed by atoms with van der Waals surface area (Å²) in [7, 11) is 0. The van der Waals surface area contributed by atoms with Crippen LogP contribution in [0.4, 0.5) is 14.9 Å². The van der Waals surface area contributed by atoms with Gasteiger partial charge in [-0.05, 0) is 59.8 Å². The number of carbonyl (C=O) groups excluding carboxylic acids is 1. The molecule has 0 saturated heterocycles. The number of nitrogens with one attached hydrogen (secondary N) is 2. The Bertz CT molecular complexity index is 545. The minimum Gasteiger partial charge on any atom is -0.481 e. The van der Waals surface area contributed by atoms with E-state index in [1.165, 1.54) is 18.2 Å². The van der Waals surface area contributed by atoms with E-state index in [9.17, 15) is 14.0 Å². The van der Waals surface area contributed by atoms with E-state index in [0.29, 0.717) is 31.4 Å². The molecule has 1 aromatic rings. The molecule has 0 unspecified atom stereocenters. The molecule has 2 amide bonds. The quantitative estimate of drug-likeness (QED) is 0.775. The number of anilines is 1. The maximum absolute atomic E-state index is 13.1. The van der Waals surface area contributed by atoms with Crippen molar-refractivity contribution in [1.29, 1.82) is 0 Å². The van der Waals surface area contributed by atoms with E-state index in [4.69, 9.17) is 5.11 Å². The van der Waals surface area contributed by atoms with Gasteiger partial charge in [0.25, 0.3) is 0 Å². The van der Waals surface area contributed by atoms with E-state index < -0.39 is 11.8 Å². The third kappa shape index (κ3) is 4.42. The van der Waals surface area contributed by atoms with Crippen molar-refractivity contribution in [3.63, 3.8) is 0 Å². The zero-order valence-corrected chi connectivity index (χ0v) is 12.8. The van der Waals surface area contributed by atoms with E-state index >= 15 is 0 Å². The van der Waals surface area contributed by atoms with Gasteiger partial charge in [0.1, 0.15) is 5.82 Å². The minimum atomic E-state index is -0.769. The number of hydrogen-bond donors (Lipinski definition) is 3. The van der Waals surface area contributed by atoms with Crippen molar-refractivity contribution in [2.24, 2.45) is 5.92 Å².